The molecule has 0 aliphatic heterocycles. The summed E-state index contributed by atoms with van der Waals surface area (Å²) in [5.74, 6) is -0.214. The van der Waals surface area contributed by atoms with Crippen LogP contribution in [0, 0.1) is 5.92 Å². The van der Waals surface area contributed by atoms with Crippen LogP contribution in [0.15, 0.2) is 24.3 Å². The van der Waals surface area contributed by atoms with Crippen molar-refractivity contribution >= 4 is 30.3 Å². The number of carbonyl (C=O) groups is 2. The van der Waals surface area contributed by atoms with Crippen molar-refractivity contribution in [2.24, 2.45) is 5.92 Å². The summed E-state index contributed by atoms with van der Waals surface area (Å²) in [6, 6.07) is 6.66. The molecule has 1 aliphatic rings. The summed E-state index contributed by atoms with van der Waals surface area (Å²) >= 11 is 0. The molecule has 0 bridgehead atoms. The first kappa shape index (κ1) is 31.5. The summed E-state index contributed by atoms with van der Waals surface area (Å²) in [4.78, 5) is 28.0. The second-order valence-electron chi connectivity index (χ2n) is 12.6. The van der Waals surface area contributed by atoms with Crippen molar-refractivity contribution in [2.45, 2.75) is 103 Å². The Balaban J connectivity index is 2.23. The fourth-order valence-electron chi connectivity index (χ4n) is 4.12. The van der Waals surface area contributed by atoms with Crippen LogP contribution in [0.3, 0.4) is 0 Å². The molecule has 210 valence electrons. The zero-order valence-corrected chi connectivity index (χ0v) is 25.9. The number of ether oxygens (including phenoxy) is 1. The van der Waals surface area contributed by atoms with Gasteiger partial charge in [-0.05, 0) is 63.7 Å². The largest absolute Gasteiger partial charge is 0.444 e. The van der Waals surface area contributed by atoms with Crippen LogP contribution in [-0.2, 0) is 30.1 Å². The molecule has 0 N–H and O–H groups in total. The Morgan fingerprint density at radius 2 is 1.59 bits per heavy atom. The van der Waals surface area contributed by atoms with Gasteiger partial charge >= 0.3 is 6.09 Å². The van der Waals surface area contributed by atoms with E-state index in [0.29, 0.717) is 30.4 Å². The van der Waals surface area contributed by atoms with Crippen LogP contribution in [0.2, 0.25) is 18.1 Å². The predicted molar refractivity (Wildman–Crippen MR) is 148 cm³/mol. The van der Waals surface area contributed by atoms with Gasteiger partial charge in [-0.2, -0.15) is 8.42 Å². The highest BCUT2D eigenvalue weighted by atomic mass is 32.2. The van der Waals surface area contributed by atoms with Crippen LogP contribution < -0.4 is 0 Å². The number of carbonyl (C=O) groups excluding carboxylic acids is 2. The lowest BCUT2D eigenvalue weighted by atomic mass is 9.79. The minimum atomic E-state index is -3.54. The van der Waals surface area contributed by atoms with E-state index in [0.717, 1.165) is 6.26 Å². The van der Waals surface area contributed by atoms with Gasteiger partial charge in [0.25, 0.3) is 10.1 Å². The molecule has 1 fully saturated rings. The van der Waals surface area contributed by atoms with Gasteiger partial charge in [-0.3, -0.25) is 8.98 Å². The van der Waals surface area contributed by atoms with Crippen LogP contribution in [-0.4, -0.2) is 64.6 Å². The number of amides is 1. The zero-order chi connectivity index (χ0) is 28.4. The Morgan fingerprint density at radius 1 is 1.03 bits per heavy atom. The van der Waals surface area contributed by atoms with Crippen LogP contribution >= 0.6 is 0 Å². The molecule has 0 spiro atoms. The van der Waals surface area contributed by atoms with Crippen molar-refractivity contribution in [2.75, 3.05) is 13.3 Å². The monoisotopic (exact) mass is 555 g/mol. The molecule has 37 heavy (non-hydrogen) atoms. The second kappa shape index (κ2) is 11.6. The van der Waals surface area contributed by atoms with E-state index in [1.165, 1.54) is 0 Å². The third kappa shape index (κ3) is 9.19. The summed E-state index contributed by atoms with van der Waals surface area (Å²) in [6.45, 7) is 16.3. The topological polar surface area (TPSA) is 99.2 Å². The van der Waals surface area contributed by atoms with Gasteiger partial charge in [-0.15, -0.1) is 0 Å². The molecule has 8 nitrogen and oxygen atoms in total. The maximum absolute atomic E-state index is 13.5. The van der Waals surface area contributed by atoms with Gasteiger partial charge in [0.15, 0.2) is 14.1 Å². The quantitative estimate of drug-likeness (QED) is 0.228. The molecule has 1 aromatic rings. The molecule has 10 heteroatoms. The van der Waals surface area contributed by atoms with Crippen LogP contribution in [0.1, 0.15) is 76.7 Å². The smallest absolute Gasteiger partial charge is 0.410 e. The zero-order valence-electron chi connectivity index (χ0n) is 24.1. The third-order valence-electron chi connectivity index (χ3n) is 7.24. The molecule has 2 rings (SSSR count). The molecular weight excluding hydrogens is 510 g/mol. The summed E-state index contributed by atoms with van der Waals surface area (Å²) < 4.78 is 39.8. The molecule has 1 aliphatic carbocycles. The molecule has 1 saturated carbocycles. The van der Waals surface area contributed by atoms with E-state index in [-0.39, 0.29) is 35.5 Å². The van der Waals surface area contributed by atoms with Gasteiger partial charge in [0, 0.05) is 18.5 Å². The molecule has 0 aromatic heterocycles. The van der Waals surface area contributed by atoms with E-state index in [9.17, 15) is 18.0 Å². The third-order valence-corrected chi connectivity index (χ3v) is 12.3. The minimum Gasteiger partial charge on any atom is -0.444 e. The molecule has 0 unspecified atom stereocenters. The highest BCUT2D eigenvalue weighted by Gasteiger charge is 2.45. The van der Waals surface area contributed by atoms with Gasteiger partial charge in [0.1, 0.15) is 5.60 Å². The molecular formula is C27H45NO7SSi. The molecule has 1 aromatic carbocycles. The second-order valence-corrected chi connectivity index (χ2v) is 19.0. The molecule has 0 heterocycles. The summed E-state index contributed by atoms with van der Waals surface area (Å²) in [5.41, 5.74) is 0.634. The highest BCUT2D eigenvalue weighted by molar-refractivity contribution is 7.85. The fraction of sp³-hybridized carbons (Fsp3) is 0.704. The highest BCUT2D eigenvalue weighted by Crippen LogP contribution is 2.41. The Labute approximate surface area is 224 Å². The Bertz CT molecular complexity index is 1060. The summed E-state index contributed by atoms with van der Waals surface area (Å²) in [7, 11) is -3.98. The first-order valence-corrected chi connectivity index (χ1v) is 17.5. The van der Waals surface area contributed by atoms with Gasteiger partial charge in [-0.1, -0.05) is 45.0 Å². The van der Waals surface area contributed by atoms with Crippen molar-refractivity contribution in [3.8, 4) is 0 Å². The molecule has 0 radical (unpaired) electrons. The Hall–Kier alpha value is -1.75. The number of Topliss-reactive ketones (excluding diaryl/α,β-unsaturated/α-hetero) is 1. The van der Waals surface area contributed by atoms with Gasteiger partial charge < -0.3 is 14.1 Å². The van der Waals surface area contributed by atoms with Crippen LogP contribution in [0.25, 0.3) is 0 Å². The SMILES string of the molecule is CN(C(=O)OC(C)(C)C)[C@@H]1CC[C@H](C(=O)c2ccc(COS(C)(=O)=O)cc2)C[C@H]1O[Si](C)(C)C(C)(C)C. The summed E-state index contributed by atoms with van der Waals surface area (Å²) in [5, 5.41) is -0.0249. The lowest BCUT2D eigenvalue weighted by Crippen LogP contribution is -2.55. The van der Waals surface area contributed by atoms with Crippen molar-refractivity contribution < 1.29 is 31.4 Å². The van der Waals surface area contributed by atoms with Gasteiger partial charge in [0.2, 0.25) is 0 Å². The minimum absolute atomic E-state index is 0.0249. The van der Waals surface area contributed by atoms with Crippen LogP contribution in [0.4, 0.5) is 4.79 Å². The van der Waals surface area contributed by atoms with Crippen molar-refractivity contribution in [3.05, 3.63) is 35.4 Å². The Kier molecular flexibility index (Phi) is 9.82. The van der Waals surface area contributed by atoms with Gasteiger partial charge in [-0.25, -0.2) is 4.79 Å². The lowest BCUT2D eigenvalue weighted by molar-refractivity contribution is -0.0109. The predicted octanol–water partition coefficient (Wildman–Crippen LogP) is 5.77. The standard InChI is InChI=1S/C27H45NO7SSi/c1-26(2,3)34-25(30)28(7)22-16-15-21(17-23(22)35-37(9,10)27(4,5)6)24(29)20-13-11-19(12-14-20)18-33-36(8,31)32/h11-14,21-23H,15-18H2,1-10H3/t21-,22+,23+/m0/s1. The van der Waals surface area contributed by atoms with E-state index in [2.05, 4.69) is 33.9 Å². The van der Waals surface area contributed by atoms with E-state index >= 15 is 0 Å². The maximum Gasteiger partial charge on any atom is 0.410 e. The molecule has 3 atom stereocenters. The van der Waals surface area contributed by atoms with Crippen molar-refractivity contribution in [3.63, 3.8) is 0 Å². The van der Waals surface area contributed by atoms with Crippen molar-refractivity contribution in [1.29, 1.82) is 0 Å². The number of nitrogens with zero attached hydrogens (tertiary/aromatic N) is 1. The Morgan fingerprint density at radius 3 is 2.08 bits per heavy atom. The average Bonchev–Trinajstić information content (AvgIpc) is 2.74. The number of hydrogen-bond acceptors (Lipinski definition) is 7. The van der Waals surface area contributed by atoms with Crippen molar-refractivity contribution in [1.82, 2.24) is 4.90 Å². The summed E-state index contributed by atoms with van der Waals surface area (Å²) in [6.07, 6.45) is 2.10. The lowest BCUT2D eigenvalue weighted by Gasteiger charge is -2.46. The van der Waals surface area contributed by atoms with Crippen LogP contribution in [0.5, 0.6) is 0 Å². The van der Waals surface area contributed by atoms with E-state index in [1.807, 2.05) is 20.8 Å². The maximum atomic E-state index is 13.5. The average molecular weight is 556 g/mol. The number of ketones is 1. The van der Waals surface area contributed by atoms with E-state index in [1.54, 1.807) is 36.2 Å². The van der Waals surface area contributed by atoms with E-state index in [4.69, 9.17) is 13.3 Å². The fourth-order valence-corrected chi connectivity index (χ4v) is 5.84. The number of benzene rings is 1. The van der Waals surface area contributed by atoms with E-state index < -0.39 is 30.1 Å². The number of hydrogen-bond donors (Lipinski definition) is 0. The molecule has 0 saturated heterocycles. The first-order valence-electron chi connectivity index (χ1n) is 12.8. The number of rotatable bonds is 8. The van der Waals surface area contributed by atoms with Gasteiger partial charge in [0.05, 0.1) is 25.0 Å². The number of likely N-dealkylation sites (N-methyl/N-ethyl adjacent to an activating group) is 1. The molecule has 1 amide bonds. The first-order chi connectivity index (χ1) is 16.7. The normalized spacial score (nSPS) is 21.4.